The molecule has 0 bridgehead atoms. The van der Waals surface area contributed by atoms with Gasteiger partial charge in [0.15, 0.2) is 0 Å². The second-order valence-electron chi connectivity index (χ2n) is 6.11. The Balaban J connectivity index is 0.000000384. The molecule has 0 heterocycles. The van der Waals surface area contributed by atoms with Crippen LogP contribution in [0.3, 0.4) is 0 Å². The van der Waals surface area contributed by atoms with Crippen molar-refractivity contribution in [1.82, 2.24) is 0 Å². The van der Waals surface area contributed by atoms with Crippen molar-refractivity contribution in [3.05, 3.63) is 89.5 Å². The normalized spacial score (nSPS) is 9.54. The number of ether oxygens (including phenoxy) is 3. The van der Waals surface area contributed by atoms with Gasteiger partial charge >= 0.3 is 41.3 Å². The van der Waals surface area contributed by atoms with Gasteiger partial charge in [0, 0.05) is 41.2 Å². The quantitative estimate of drug-likeness (QED) is 0.388. The predicted molar refractivity (Wildman–Crippen MR) is 113 cm³/mol. The molecule has 0 aliphatic rings. The summed E-state index contributed by atoms with van der Waals surface area (Å²) in [6, 6.07) is 24.9. The van der Waals surface area contributed by atoms with Crippen molar-refractivity contribution in [2.45, 2.75) is 19.3 Å². The molecule has 3 nitrogen and oxygen atoms in total. The van der Waals surface area contributed by atoms with Gasteiger partial charge in [0.1, 0.15) is 0 Å². The topological polar surface area (TPSA) is 27.7 Å². The molecular formula is C24H33O3Pr. The summed E-state index contributed by atoms with van der Waals surface area (Å²) in [5.74, 6) is 0. The summed E-state index contributed by atoms with van der Waals surface area (Å²) in [7, 11) is 5.18. The molecule has 0 atom stereocenters. The molecule has 0 fully saturated rings. The summed E-state index contributed by atoms with van der Waals surface area (Å²) in [6.45, 7) is 2.47. The van der Waals surface area contributed by atoms with E-state index < -0.39 is 0 Å². The predicted octanol–water partition coefficient (Wildman–Crippen LogP) is 4.78. The zero-order chi connectivity index (χ0) is 19.6. The van der Waals surface area contributed by atoms with Crippen molar-refractivity contribution < 1.29 is 55.5 Å². The van der Waals surface area contributed by atoms with Crippen molar-refractivity contribution in [2.24, 2.45) is 0 Å². The van der Waals surface area contributed by atoms with Gasteiger partial charge in [-0.05, 0) is 0 Å². The average Bonchev–Trinajstić information content (AvgIpc) is 3.47. The van der Waals surface area contributed by atoms with E-state index in [2.05, 4.69) is 36.4 Å². The Hall–Kier alpha value is -0.706. The van der Waals surface area contributed by atoms with E-state index in [0.717, 1.165) is 39.1 Å². The monoisotopic (exact) mass is 510 g/mol. The van der Waals surface area contributed by atoms with E-state index in [-0.39, 0.29) is 41.3 Å². The number of rotatable bonds is 9. The van der Waals surface area contributed by atoms with Crippen LogP contribution >= 0.6 is 0 Å². The first-order valence-corrected chi connectivity index (χ1v) is 9.38. The smallest absolute Gasteiger partial charge is 0.385 e. The molecule has 4 heteroatoms. The van der Waals surface area contributed by atoms with Crippen LogP contribution in [0.2, 0.25) is 0 Å². The second-order valence-corrected chi connectivity index (χ2v) is 6.11. The standard InChI is InChI=1S/3C8H11O.Pr/c3*1-9-7-6-8-4-2-3-5-8;/h3*2-5H,6-7H2,1H3;/q3*-1;+3. The maximum absolute atomic E-state index is 4.92. The van der Waals surface area contributed by atoms with Gasteiger partial charge in [-0.3, -0.25) is 0 Å². The molecular weight excluding hydrogens is 477 g/mol. The van der Waals surface area contributed by atoms with Gasteiger partial charge in [0.2, 0.25) is 0 Å². The first-order valence-electron chi connectivity index (χ1n) is 9.38. The largest absolute Gasteiger partial charge is 3.00 e. The Kier molecular flexibility index (Phi) is 19.1. The van der Waals surface area contributed by atoms with Crippen LogP contribution in [-0.2, 0) is 33.5 Å². The van der Waals surface area contributed by atoms with Gasteiger partial charge in [-0.2, -0.15) is 53.1 Å². The molecule has 0 saturated carbocycles. The van der Waals surface area contributed by atoms with Gasteiger partial charge in [-0.25, -0.2) is 36.4 Å². The molecule has 0 amide bonds. The molecule has 0 aliphatic carbocycles. The summed E-state index contributed by atoms with van der Waals surface area (Å²) in [5, 5.41) is 0. The van der Waals surface area contributed by atoms with Crippen molar-refractivity contribution in [3.63, 3.8) is 0 Å². The third-order valence-electron chi connectivity index (χ3n) is 3.98. The molecule has 0 unspecified atom stereocenters. The minimum atomic E-state index is 0. The SMILES string of the molecule is COCC[c-]1cccc1.COCC[c-]1cccc1.COCC[c-]1cccc1.[Pr+3]. The van der Waals surface area contributed by atoms with E-state index in [0.29, 0.717) is 0 Å². The van der Waals surface area contributed by atoms with Crippen LogP contribution in [0, 0.1) is 41.3 Å². The van der Waals surface area contributed by atoms with Gasteiger partial charge in [0.05, 0.1) is 0 Å². The Morgan fingerprint density at radius 2 is 0.679 bits per heavy atom. The minimum absolute atomic E-state index is 0. The van der Waals surface area contributed by atoms with Crippen LogP contribution in [0.4, 0.5) is 0 Å². The number of methoxy groups -OCH3 is 3. The van der Waals surface area contributed by atoms with Gasteiger partial charge in [-0.15, -0.1) is 0 Å². The molecule has 3 aromatic rings. The first kappa shape index (κ1) is 27.3. The van der Waals surface area contributed by atoms with Crippen molar-refractivity contribution in [3.8, 4) is 0 Å². The molecule has 0 aliphatic heterocycles. The fourth-order valence-corrected chi connectivity index (χ4v) is 2.40. The zero-order valence-electron chi connectivity index (χ0n) is 17.5. The van der Waals surface area contributed by atoms with Crippen LogP contribution in [0.1, 0.15) is 16.7 Å². The summed E-state index contributed by atoms with van der Waals surface area (Å²) < 4.78 is 14.7. The van der Waals surface area contributed by atoms with Crippen LogP contribution < -0.4 is 0 Å². The van der Waals surface area contributed by atoms with E-state index in [1.807, 2.05) is 36.4 Å². The summed E-state index contributed by atoms with van der Waals surface area (Å²) in [6.07, 6.45) is 3.09. The Bertz CT molecular complexity index is 522. The minimum Gasteiger partial charge on any atom is -0.385 e. The fraction of sp³-hybridized carbons (Fsp3) is 0.375. The van der Waals surface area contributed by atoms with E-state index in [4.69, 9.17) is 14.2 Å². The molecule has 0 spiro atoms. The first-order chi connectivity index (χ1) is 13.3. The average molecular weight is 510 g/mol. The van der Waals surface area contributed by atoms with Crippen molar-refractivity contribution in [2.75, 3.05) is 41.2 Å². The zero-order valence-corrected chi connectivity index (χ0v) is 21.2. The molecule has 3 rings (SSSR count). The molecule has 0 N–H and O–H groups in total. The third-order valence-corrected chi connectivity index (χ3v) is 3.98. The Morgan fingerprint density at radius 1 is 0.464 bits per heavy atom. The van der Waals surface area contributed by atoms with Crippen molar-refractivity contribution in [1.29, 1.82) is 0 Å². The number of hydrogen-bond acceptors (Lipinski definition) is 3. The van der Waals surface area contributed by atoms with Crippen molar-refractivity contribution >= 4 is 0 Å². The van der Waals surface area contributed by atoms with Crippen LogP contribution in [0.15, 0.2) is 72.8 Å². The summed E-state index contributed by atoms with van der Waals surface area (Å²) in [5.41, 5.74) is 4.07. The molecule has 0 radical (unpaired) electrons. The van der Waals surface area contributed by atoms with E-state index in [9.17, 15) is 0 Å². The van der Waals surface area contributed by atoms with E-state index >= 15 is 0 Å². The maximum atomic E-state index is 4.92. The number of hydrogen-bond donors (Lipinski definition) is 0. The third kappa shape index (κ3) is 14.3. The molecule has 0 aromatic heterocycles. The van der Waals surface area contributed by atoms with E-state index in [1.54, 1.807) is 21.3 Å². The summed E-state index contributed by atoms with van der Waals surface area (Å²) in [4.78, 5) is 0. The maximum Gasteiger partial charge on any atom is 3.00 e. The molecule has 3 aromatic carbocycles. The second kappa shape index (κ2) is 19.6. The Morgan fingerprint density at radius 3 is 0.857 bits per heavy atom. The fourth-order valence-electron chi connectivity index (χ4n) is 2.40. The Labute approximate surface area is 204 Å². The summed E-state index contributed by atoms with van der Waals surface area (Å²) >= 11 is 0. The van der Waals surface area contributed by atoms with Crippen LogP contribution in [0.25, 0.3) is 0 Å². The van der Waals surface area contributed by atoms with Gasteiger partial charge in [0.25, 0.3) is 0 Å². The van der Waals surface area contributed by atoms with Crippen LogP contribution in [-0.4, -0.2) is 41.2 Å². The van der Waals surface area contributed by atoms with E-state index in [1.165, 1.54) is 16.7 Å². The molecule has 28 heavy (non-hydrogen) atoms. The van der Waals surface area contributed by atoms with Gasteiger partial charge < -0.3 is 14.2 Å². The van der Waals surface area contributed by atoms with Gasteiger partial charge in [-0.1, -0.05) is 19.3 Å². The molecule has 150 valence electrons. The van der Waals surface area contributed by atoms with Crippen LogP contribution in [0.5, 0.6) is 0 Å². The molecule has 0 saturated heterocycles.